The van der Waals surface area contributed by atoms with Crippen LogP contribution < -0.4 is 10.5 Å². The topological polar surface area (TPSA) is 116 Å². The maximum Gasteiger partial charge on any atom is 0.270 e. The van der Waals surface area contributed by atoms with E-state index >= 15 is 0 Å². The first kappa shape index (κ1) is 12.9. The number of nitrogens with zero attached hydrogens (tertiary/aromatic N) is 4. The molecule has 0 saturated heterocycles. The van der Waals surface area contributed by atoms with Crippen molar-refractivity contribution in [1.29, 1.82) is 0 Å². The molecule has 0 bridgehead atoms. The molecule has 0 fully saturated rings. The van der Waals surface area contributed by atoms with E-state index in [1.54, 1.807) is 30.2 Å². The highest BCUT2D eigenvalue weighted by atomic mass is 32.2. The zero-order valence-electron chi connectivity index (χ0n) is 9.52. The second-order valence-corrected chi connectivity index (χ2v) is 6.58. The van der Waals surface area contributed by atoms with Gasteiger partial charge in [0.2, 0.25) is 9.47 Å². The number of sulfonamides is 1. The molecule has 1 atom stereocenters. The van der Waals surface area contributed by atoms with Gasteiger partial charge in [0.15, 0.2) is 0 Å². The first-order valence-corrected chi connectivity index (χ1v) is 7.34. The van der Waals surface area contributed by atoms with Gasteiger partial charge in [-0.2, -0.15) is 0 Å². The highest BCUT2D eigenvalue weighted by molar-refractivity contribution is 7.91. The minimum atomic E-state index is -3.66. The van der Waals surface area contributed by atoms with Crippen molar-refractivity contribution in [2.75, 3.05) is 5.73 Å². The van der Waals surface area contributed by atoms with Crippen molar-refractivity contribution >= 4 is 26.5 Å². The summed E-state index contributed by atoms with van der Waals surface area (Å²) in [5.74, 6) is 0. The van der Waals surface area contributed by atoms with Gasteiger partial charge >= 0.3 is 0 Å². The highest BCUT2D eigenvalue weighted by Gasteiger charge is 2.21. The van der Waals surface area contributed by atoms with Gasteiger partial charge in [-0.05, 0) is 6.92 Å². The monoisotopic (exact) mass is 288 g/mol. The number of aromatic nitrogens is 4. The first-order valence-electron chi connectivity index (χ1n) is 5.04. The molecular weight excluding hydrogens is 276 g/mol. The molecule has 98 valence electrons. The lowest BCUT2D eigenvalue weighted by Gasteiger charge is -2.12. The van der Waals surface area contributed by atoms with Crippen LogP contribution in [0.2, 0.25) is 0 Å². The number of imidazole rings is 1. The second-order valence-electron chi connectivity index (χ2n) is 3.69. The molecule has 0 radical (unpaired) electrons. The second kappa shape index (κ2) is 5.00. The summed E-state index contributed by atoms with van der Waals surface area (Å²) in [6.45, 7) is 2.23. The number of nitrogens with one attached hydrogen (secondary N) is 1. The van der Waals surface area contributed by atoms with E-state index in [0.29, 0.717) is 6.54 Å². The molecule has 8 nitrogen and oxygen atoms in total. The van der Waals surface area contributed by atoms with E-state index in [4.69, 9.17) is 5.73 Å². The van der Waals surface area contributed by atoms with Crippen molar-refractivity contribution in [1.82, 2.24) is 24.5 Å². The summed E-state index contributed by atoms with van der Waals surface area (Å²) in [4.78, 5) is 3.88. The molecule has 2 aromatic heterocycles. The Balaban J connectivity index is 2.04. The Kier molecular flexibility index (Phi) is 3.59. The average molecular weight is 288 g/mol. The van der Waals surface area contributed by atoms with Crippen LogP contribution in [0.5, 0.6) is 0 Å². The Hall–Kier alpha value is -1.52. The Morgan fingerprint density at radius 3 is 2.89 bits per heavy atom. The third kappa shape index (κ3) is 3.03. The molecule has 0 aliphatic carbocycles. The zero-order chi connectivity index (χ0) is 13.2. The van der Waals surface area contributed by atoms with Gasteiger partial charge < -0.3 is 10.3 Å². The minimum Gasteiger partial charge on any atom is -0.374 e. The maximum absolute atomic E-state index is 11.9. The quantitative estimate of drug-likeness (QED) is 0.779. The standard InChI is InChI=1S/C8H12N6O2S2/c1-6(4-14-3-2-10-5-14)13-18(15,16)8-12-11-7(9)17-8/h2-3,5-6,13H,4H2,1H3,(H2,9,11). The Morgan fingerprint density at radius 2 is 2.33 bits per heavy atom. The maximum atomic E-state index is 11.9. The lowest BCUT2D eigenvalue weighted by atomic mass is 10.4. The smallest absolute Gasteiger partial charge is 0.270 e. The molecule has 0 spiro atoms. The van der Waals surface area contributed by atoms with Crippen LogP contribution in [0, 0.1) is 0 Å². The number of hydrogen-bond acceptors (Lipinski definition) is 7. The third-order valence-corrected chi connectivity index (χ3v) is 4.76. The number of anilines is 1. The van der Waals surface area contributed by atoms with Crippen LogP contribution in [-0.4, -0.2) is 34.2 Å². The van der Waals surface area contributed by atoms with Gasteiger partial charge in [-0.3, -0.25) is 0 Å². The fourth-order valence-electron chi connectivity index (χ4n) is 1.39. The van der Waals surface area contributed by atoms with Gasteiger partial charge in [-0.25, -0.2) is 18.1 Å². The van der Waals surface area contributed by atoms with Crippen molar-refractivity contribution in [2.24, 2.45) is 0 Å². The zero-order valence-corrected chi connectivity index (χ0v) is 11.1. The third-order valence-electron chi connectivity index (χ3n) is 2.05. The van der Waals surface area contributed by atoms with Gasteiger partial charge in [-0.15, -0.1) is 10.2 Å². The molecule has 0 saturated carbocycles. The summed E-state index contributed by atoms with van der Waals surface area (Å²) < 4.78 is 28.0. The summed E-state index contributed by atoms with van der Waals surface area (Å²) >= 11 is 0.831. The predicted molar refractivity (Wildman–Crippen MR) is 66.3 cm³/mol. The van der Waals surface area contributed by atoms with E-state index in [1.807, 2.05) is 0 Å². The number of nitrogen functional groups attached to an aromatic ring is 1. The SMILES string of the molecule is CC(Cn1ccnc1)NS(=O)(=O)c1nnc(N)s1. The molecule has 2 rings (SSSR count). The average Bonchev–Trinajstić information content (AvgIpc) is 2.88. The van der Waals surface area contributed by atoms with Gasteiger partial charge in [0.05, 0.1) is 6.33 Å². The van der Waals surface area contributed by atoms with Crippen LogP contribution in [0.4, 0.5) is 5.13 Å². The van der Waals surface area contributed by atoms with Gasteiger partial charge in [0.1, 0.15) is 0 Å². The summed E-state index contributed by atoms with van der Waals surface area (Å²) in [6, 6.07) is -0.297. The van der Waals surface area contributed by atoms with Gasteiger partial charge in [0.25, 0.3) is 10.0 Å². The molecule has 0 aliphatic heterocycles. The lowest BCUT2D eigenvalue weighted by Crippen LogP contribution is -2.35. The fraction of sp³-hybridized carbons (Fsp3) is 0.375. The van der Waals surface area contributed by atoms with E-state index in [9.17, 15) is 8.42 Å². The molecule has 1 unspecified atom stereocenters. The van der Waals surface area contributed by atoms with E-state index in [2.05, 4.69) is 19.9 Å². The largest absolute Gasteiger partial charge is 0.374 e. The van der Waals surface area contributed by atoms with E-state index in [0.717, 1.165) is 11.3 Å². The van der Waals surface area contributed by atoms with Crippen molar-refractivity contribution in [3.05, 3.63) is 18.7 Å². The minimum absolute atomic E-state index is 0.123. The van der Waals surface area contributed by atoms with E-state index < -0.39 is 10.0 Å². The van der Waals surface area contributed by atoms with Crippen LogP contribution in [0.25, 0.3) is 0 Å². The van der Waals surface area contributed by atoms with Crippen LogP contribution in [0.3, 0.4) is 0 Å². The van der Waals surface area contributed by atoms with E-state index in [-0.39, 0.29) is 15.5 Å². The molecule has 0 amide bonds. The van der Waals surface area contributed by atoms with Crippen LogP contribution in [0.1, 0.15) is 6.92 Å². The number of hydrogen-bond donors (Lipinski definition) is 2. The Morgan fingerprint density at radius 1 is 1.56 bits per heavy atom. The summed E-state index contributed by atoms with van der Waals surface area (Å²) in [6.07, 6.45) is 5.01. The number of nitrogens with two attached hydrogens (primary N) is 1. The number of rotatable bonds is 5. The summed E-state index contributed by atoms with van der Waals surface area (Å²) in [5, 5.41) is 7.11. The molecule has 18 heavy (non-hydrogen) atoms. The molecule has 2 heterocycles. The Bertz CT molecular complexity index is 605. The first-order chi connectivity index (χ1) is 8.47. The van der Waals surface area contributed by atoms with E-state index in [1.165, 1.54) is 0 Å². The van der Waals surface area contributed by atoms with Crippen LogP contribution in [-0.2, 0) is 16.6 Å². The predicted octanol–water partition coefficient (Wildman–Crippen LogP) is -0.316. The van der Waals surface area contributed by atoms with Crippen molar-refractivity contribution in [3.63, 3.8) is 0 Å². The molecule has 0 aliphatic rings. The molecule has 10 heteroatoms. The Labute approximate surface area is 108 Å². The van der Waals surface area contributed by atoms with Crippen LogP contribution >= 0.6 is 11.3 Å². The van der Waals surface area contributed by atoms with Gasteiger partial charge in [0, 0.05) is 25.0 Å². The molecular formula is C8H12N6O2S2. The van der Waals surface area contributed by atoms with Crippen molar-refractivity contribution in [2.45, 2.75) is 23.8 Å². The summed E-state index contributed by atoms with van der Waals surface area (Å²) in [7, 11) is -3.66. The molecule has 2 aromatic rings. The van der Waals surface area contributed by atoms with Crippen molar-refractivity contribution in [3.8, 4) is 0 Å². The lowest BCUT2D eigenvalue weighted by molar-refractivity contribution is 0.519. The normalized spacial score (nSPS) is 13.6. The highest BCUT2D eigenvalue weighted by Crippen LogP contribution is 2.16. The fourth-order valence-corrected chi connectivity index (χ4v) is 3.43. The van der Waals surface area contributed by atoms with Crippen molar-refractivity contribution < 1.29 is 8.42 Å². The summed E-state index contributed by atoms with van der Waals surface area (Å²) in [5.41, 5.74) is 5.36. The van der Waals surface area contributed by atoms with Crippen LogP contribution in [0.15, 0.2) is 23.1 Å². The molecule has 0 aromatic carbocycles. The molecule has 3 N–H and O–H groups in total. The van der Waals surface area contributed by atoms with Gasteiger partial charge in [-0.1, -0.05) is 11.3 Å².